The molecule has 2 aromatic heterocycles. The maximum Gasteiger partial charge on any atom is 0.417 e. The van der Waals surface area contributed by atoms with E-state index in [2.05, 4.69) is 10.1 Å². The van der Waals surface area contributed by atoms with Crippen LogP contribution in [0.3, 0.4) is 0 Å². The number of hydrogen-bond acceptors (Lipinski definition) is 5. The second kappa shape index (κ2) is 9.94. The minimum Gasteiger partial charge on any atom is -0.380 e. The highest BCUT2D eigenvalue weighted by atomic mass is 35.5. The van der Waals surface area contributed by atoms with Crippen LogP contribution in [0.5, 0.6) is 0 Å². The van der Waals surface area contributed by atoms with Crippen LogP contribution in [-0.4, -0.2) is 78.3 Å². The van der Waals surface area contributed by atoms with Gasteiger partial charge in [0.15, 0.2) is 11.2 Å². The third kappa shape index (κ3) is 5.16. The van der Waals surface area contributed by atoms with Crippen molar-refractivity contribution in [1.29, 1.82) is 0 Å². The number of piperazine rings is 1. The number of halogens is 5. The van der Waals surface area contributed by atoms with Gasteiger partial charge in [0.1, 0.15) is 11.5 Å². The van der Waals surface area contributed by atoms with Gasteiger partial charge >= 0.3 is 6.18 Å². The molecule has 1 aromatic carbocycles. The molecule has 2 fully saturated rings. The molecule has 5 rings (SSSR count). The zero-order chi connectivity index (χ0) is 30.1. The fraction of sp³-hybridized carbons (Fsp3) is 0.500. The second-order valence-electron chi connectivity index (χ2n) is 11.8. The predicted octanol–water partition coefficient (Wildman–Crippen LogP) is 5.08. The number of fused-ring (bicyclic) bond motifs is 1. The summed E-state index contributed by atoms with van der Waals surface area (Å²) >= 11 is 5.98. The summed E-state index contributed by atoms with van der Waals surface area (Å²) in [5.74, 6) is -2.26. The lowest BCUT2D eigenvalue weighted by Gasteiger charge is -2.50. The minimum absolute atomic E-state index is 0.0213. The molecule has 2 amide bonds. The van der Waals surface area contributed by atoms with Crippen molar-refractivity contribution in [2.24, 2.45) is 5.92 Å². The zero-order valence-corrected chi connectivity index (χ0v) is 23.7. The molecule has 1 N–H and O–H groups in total. The molecule has 1 aliphatic carbocycles. The molecule has 0 spiro atoms. The summed E-state index contributed by atoms with van der Waals surface area (Å²) in [6, 6.07) is 6.14. The minimum atomic E-state index is -4.78. The van der Waals surface area contributed by atoms with Gasteiger partial charge in [-0.15, -0.1) is 0 Å². The molecule has 3 heterocycles. The number of hydrogen-bond donors (Lipinski definition) is 1. The van der Waals surface area contributed by atoms with E-state index in [9.17, 15) is 32.3 Å². The van der Waals surface area contributed by atoms with Gasteiger partial charge in [0.25, 0.3) is 5.91 Å². The number of rotatable bonds is 4. The van der Waals surface area contributed by atoms with Gasteiger partial charge in [0.05, 0.1) is 22.5 Å². The summed E-state index contributed by atoms with van der Waals surface area (Å²) in [4.78, 5) is 34.3. The Labute approximate surface area is 238 Å². The van der Waals surface area contributed by atoms with Crippen LogP contribution in [0.15, 0.2) is 30.5 Å². The molecule has 0 unspecified atom stereocenters. The van der Waals surface area contributed by atoms with E-state index in [-0.39, 0.29) is 42.2 Å². The number of alkyl halides is 3. The molecular formula is C28H30ClF4N5O3. The van der Waals surface area contributed by atoms with Crippen LogP contribution in [0.4, 0.5) is 17.6 Å². The molecule has 8 nitrogen and oxygen atoms in total. The Morgan fingerprint density at radius 1 is 1.15 bits per heavy atom. The Morgan fingerprint density at radius 3 is 2.41 bits per heavy atom. The highest BCUT2D eigenvalue weighted by Gasteiger charge is 2.63. The summed E-state index contributed by atoms with van der Waals surface area (Å²) in [5.41, 5.74) is -1.07. The average molecular weight is 596 g/mol. The van der Waals surface area contributed by atoms with Crippen LogP contribution in [0.1, 0.15) is 62.5 Å². The van der Waals surface area contributed by atoms with Crippen LogP contribution in [-0.2, 0) is 4.79 Å². The highest BCUT2D eigenvalue weighted by Crippen LogP contribution is 2.49. The monoisotopic (exact) mass is 595 g/mol. The van der Waals surface area contributed by atoms with Crippen LogP contribution in [0, 0.1) is 11.7 Å². The fourth-order valence-corrected chi connectivity index (χ4v) is 5.78. The van der Waals surface area contributed by atoms with Gasteiger partial charge in [-0.05, 0) is 56.9 Å². The molecule has 0 atom stereocenters. The molecule has 41 heavy (non-hydrogen) atoms. The lowest BCUT2D eigenvalue weighted by molar-refractivity contribution is -0.297. The van der Waals surface area contributed by atoms with Gasteiger partial charge in [-0.2, -0.15) is 18.3 Å². The van der Waals surface area contributed by atoms with E-state index in [0.29, 0.717) is 16.9 Å². The number of nitrogens with zero attached hydrogens (tertiary/aromatic N) is 5. The fourth-order valence-electron chi connectivity index (χ4n) is 5.60. The molecule has 1 aliphatic heterocycles. The maximum atomic E-state index is 13.7. The third-order valence-corrected chi connectivity index (χ3v) is 8.30. The summed E-state index contributed by atoms with van der Waals surface area (Å²) in [7, 11) is 0. The summed E-state index contributed by atoms with van der Waals surface area (Å²) in [6.07, 6.45) is -4.57. The van der Waals surface area contributed by atoms with Crippen molar-refractivity contribution in [2.75, 3.05) is 19.6 Å². The van der Waals surface area contributed by atoms with E-state index in [4.69, 9.17) is 11.6 Å². The highest BCUT2D eigenvalue weighted by molar-refractivity contribution is 6.31. The van der Waals surface area contributed by atoms with E-state index >= 15 is 0 Å². The largest absolute Gasteiger partial charge is 0.417 e. The van der Waals surface area contributed by atoms with Gasteiger partial charge in [-0.3, -0.25) is 9.59 Å². The number of carbonyl (C=O) groups is 2. The van der Waals surface area contributed by atoms with Gasteiger partial charge in [0, 0.05) is 36.7 Å². The number of amides is 2. The number of benzene rings is 1. The molecule has 2 aliphatic rings. The van der Waals surface area contributed by atoms with Crippen LogP contribution in [0.2, 0.25) is 5.02 Å². The predicted molar refractivity (Wildman–Crippen MR) is 143 cm³/mol. The van der Waals surface area contributed by atoms with Crippen molar-refractivity contribution in [3.8, 4) is 11.3 Å². The lowest BCUT2D eigenvalue weighted by Crippen LogP contribution is -2.65. The van der Waals surface area contributed by atoms with Gasteiger partial charge < -0.3 is 14.9 Å². The number of imidazole rings is 1. The summed E-state index contributed by atoms with van der Waals surface area (Å²) in [6.45, 7) is 7.94. The van der Waals surface area contributed by atoms with E-state index in [0.717, 1.165) is 5.56 Å². The Morgan fingerprint density at radius 2 is 1.83 bits per heavy atom. The van der Waals surface area contributed by atoms with Crippen molar-refractivity contribution >= 4 is 29.1 Å². The number of carbonyl (C=O) groups excluding carboxylic acids is 2. The van der Waals surface area contributed by atoms with Crippen LogP contribution in [0.25, 0.3) is 16.9 Å². The summed E-state index contributed by atoms with van der Waals surface area (Å²) in [5, 5.41) is 14.3. The van der Waals surface area contributed by atoms with Gasteiger partial charge in [-0.25, -0.2) is 13.9 Å². The number of aliphatic hydroxyl groups is 1. The average Bonchev–Trinajstić information content (AvgIpc) is 3.30. The van der Waals surface area contributed by atoms with Crippen LogP contribution >= 0.6 is 11.6 Å². The maximum absolute atomic E-state index is 13.7. The molecule has 0 bridgehead atoms. The quantitative estimate of drug-likeness (QED) is 0.425. The lowest BCUT2D eigenvalue weighted by atomic mass is 9.69. The van der Waals surface area contributed by atoms with Crippen molar-refractivity contribution in [3.05, 3.63) is 52.6 Å². The Balaban J connectivity index is 1.37. The van der Waals surface area contributed by atoms with Crippen molar-refractivity contribution in [2.45, 2.75) is 63.8 Å². The first-order chi connectivity index (χ1) is 19.0. The summed E-state index contributed by atoms with van der Waals surface area (Å²) < 4.78 is 54.3. The van der Waals surface area contributed by atoms with E-state index in [1.165, 1.54) is 27.7 Å². The van der Waals surface area contributed by atoms with Gasteiger partial charge in [-0.1, -0.05) is 25.4 Å². The first-order valence-electron chi connectivity index (χ1n) is 13.3. The number of aromatic nitrogens is 3. The molecule has 1 saturated carbocycles. The molecule has 13 heteroatoms. The van der Waals surface area contributed by atoms with E-state index < -0.39 is 47.8 Å². The molecule has 1 saturated heterocycles. The Bertz CT molecular complexity index is 1530. The normalized spacial score (nSPS) is 22.8. The zero-order valence-electron chi connectivity index (χ0n) is 23.0. The standard InChI is InChI=1S/C28H30ClF4N5O3/c1-15(2)18-10-21(16-5-6-20(30)19(29)9-16)35-38-13-22(34-23(18)38)25(40)37-8-7-36(14-26(37,3)4)24(39)17-11-27(41,12-17)28(31,32)33/h5-6,9-10,13,15,17,41H,7-8,11-12,14H2,1-4H3/t17-,27+. The Hall–Kier alpha value is -3.25. The third-order valence-electron chi connectivity index (χ3n) is 8.01. The van der Waals surface area contributed by atoms with E-state index in [1.54, 1.807) is 24.8 Å². The SMILES string of the molecule is CC(C)c1cc(-c2ccc(F)c(Cl)c2)nn2cc(C(=O)N3CCN(C(=O)[C@H]4C[C@](O)(C(F)(F)F)C4)CC3(C)C)nc12. The van der Waals surface area contributed by atoms with Crippen molar-refractivity contribution in [3.63, 3.8) is 0 Å². The Kier molecular flexibility index (Phi) is 7.09. The smallest absolute Gasteiger partial charge is 0.380 e. The molecule has 220 valence electrons. The van der Waals surface area contributed by atoms with Gasteiger partial charge in [0.2, 0.25) is 5.91 Å². The molecule has 0 radical (unpaired) electrons. The van der Waals surface area contributed by atoms with E-state index in [1.807, 2.05) is 19.9 Å². The second-order valence-corrected chi connectivity index (χ2v) is 12.2. The molecular weight excluding hydrogens is 566 g/mol. The van der Waals surface area contributed by atoms with Crippen molar-refractivity contribution < 1.29 is 32.3 Å². The molecule has 3 aromatic rings. The van der Waals surface area contributed by atoms with Crippen LogP contribution < -0.4 is 0 Å². The van der Waals surface area contributed by atoms with Crippen molar-refractivity contribution in [1.82, 2.24) is 24.4 Å². The first kappa shape index (κ1) is 29.2. The first-order valence-corrected chi connectivity index (χ1v) is 13.6. The topological polar surface area (TPSA) is 91.0 Å².